The minimum absolute atomic E-state index is 0.312. The van der Waals surface area contributed by atoms with Crippen LogP contribution in [0.2, 0.25) is 0 Å². The first-order valence-corrected chi connectivity index (χ1v) is 10.1. The Balaban J connectivity index is 1.91. The molecule has 0 aromatic heterocycles. The lowest BCUT2D eigenvalue weighted by atomic mass is 10.1. The Morgan fingerprint density at radius 3 is 1.28 bits per heavy atom. The lowest BCUT2D eigenvalue weighted by molar-refractivity contribution is 0.788. The highest BCUT2D eigenvalue weighted by Crippen LogP contribution is 2.42. The molecule has 4 aromatic carbocycles. The SMILES string of the molecule is CC(C)N(c1ccccc1)c1ccccc1N(c1ccccc1)c1ccccc1. The standard InChI is InChI=1S/C27H26N2/c1-22(2)28(23-14-6-3-7-15-23)26-20-12-13-21-27(26)29(24-16-8-4-9-17-24)25-18-10-5-11-19-25/h3-22H,1-2H3. The zero-order valence-electron chi connectivity index (χ0n) is 16.9. The minimum atomic E-state index is 0.312. The van der Waals surface area contributed by atoms with Gasteiger partial charge in [-0.2, -0.15) is 0 Å². The average Bonchev–Trinajstić information content (AvgIpc) is 2.77. The fourth-order valence-electron chi connectivity index (χ4n) is 3.74. The zero-order chi connectivity index (χ0) is 20.1. The molecule has 0 spiro atoms. The maximum atomic E-state index is 2.40. The van der Waals surface area contributed by atoms with Gasteiger partial charge in [-0.3, -0.25) is 0 Å². The lowest BCUT2D eigenvalue weighted by Gasteiger charge is -2.35. The van der Waals surface area contributed by atoms with E-state index in [-0.39, 0.29) is 0 Å². The number of para-hydroxylation sites is 5. The van der Waals surface area contributed by atoms with Crippen LogP contribution in [-0.4, -0.2) is 6.04 Å². The van der Waals surface area contributed by atoms with Gasteiger partial charge >= 0.3 is 0 Å². The molecule has 4 rings (SSSR count). The molecule has 0 saturated carbocycles. The molecule has 0 aliphatic carbocycles. The van der Waals surface area contributed by atoms with Crippen molar-refractivity contribution in [2.75, 3.05) is 9.80 Å². The van der Waals surface area contributed by atoms with Crippen molar-refractivity contribution in [1.29, 1.82) is 0 Å². The molecule has 0 aliphatic rings. The van der Waals surface area contributed by atoms with Crippen LogP contribution in [0.3, 0.4) is 0 Å². The Hall–Kier alpha value is -3.52. The maximum absolute atomic E-state index is 2.40. The molecule has 0 unspecified atom stereocenters. The van der Waals surface area contributed by atoms with Gasteiger partial charge in [-0.25, -0.2) is 0 Å². The van der Waals surface area contributed by atoms with E-state index in [1.165, 1.54) is 11.4 Å². The van der Waals surface area contributed by atoms with Crippen LogP contribution < -0.4 is 9.80 Å². The fourth-order valence-corrected chi connectivity index (χ4v) is 3.74. The molecule has 0 heterocycles. The van der Waals surface area contributed by atoms with E-state index in [4.69, 9.17) is 0 Å². The highest BCUT2D eigenvalue weighted by molar-refractivity contribution is 5.87. The normalized spacial score (nSPS) is 10.7. The van der Waals surface area contributed by atoms with Crippen molar-refractivity contribution in [3.63, 3.8) is 0 Å². The number of nitrogens with zero attached hydrogens (tertiary/aromatic N) is 2. The van der Waals surface area contributed by atoms with Crippen LogP contribution >= 0.6 is 0 Å². The summed E-state index contributed by atoms with van der Waals surface area (Å²) in [5.74, 6) is 0. The fraction of sp³-hybridized carbons (Fsp3) is 0.111. The minimum Gasteiger partial charge on any atom is -0.337 e. The Labute approximate surface area is 173 Å². The van der Waals surface area contributed by atoms with Crippen LogP contribution in [0.1, 0.15) is 13.8 Å². The van der Waals surface area contributed by atoms with E-state index >= 15 is 0 Å². The third-order valence-corrected chi connectivity index (χ3v) is 4.96. The summed E-state index contributed by atoms with van der Waals surface area (Å²) in [5, 5.41) is 0. The van der Waals surface area contributed by atoms with Gasteiger partial charge in [0.05, 0.1) is 11.4 Å². The van der Waals surface area contributed by atoms with Crippen LogP contribution in [0.15, 0.2) is 115 Å². The molecule has 2 nitrogen and oxygen atoms in total. The van der Waals surface area contributed by atoms with Gasteiger partial charge in [0.25, 0.3) is 0 Å². The van der Waals surface area contributed by atoms with Gasteiger partial charge in [-0.05, 0) is 62.4 Å². The van der Waals surface area contributed by atoms with Gasteiger partial charge in [-0.15, -0.1) is 0 Å². The summed E-state index contributed by atoms with van der Waals surface area (Å²) in [5.41, 5.74) is 5.81. The second-order valence-corrected chi connectivity index (χ2v) is 7.29. The first kappa shape index (κ1) is 18.8. The van der Waals surface area contributed by atoms with Crippen molar-refractivity contribution in [2.24, 2.45) is 0 Å². The molecule has 144 valence electrons. The van der Waals surface area contributed by atoms with Crippen molar-refractivity contribution in [2.45, 2.75) is 19.9 Å². The number of hydrogen-bond acceptors (Lipinski definition) is 2. The highest BCUT2D eigenvalue weighted by atomic mass is 15.2. The third-order valence-electron chi connectivity index (χ3n) is 4.96. The number of hydrogen-bond donors (Lipinski definition) is 0. The summed E-state index contributed by atoms with van der Waals surface area (Å²) < 4.78 is 0. The summed E-state index contributed by atoms with van der Waals surface area (Å²) in [4.78, 5) is 4.72. The quantitative estimate of drug-likeness (QED) is 0.339. The average molecular weight is 379 g/mol. The van der Waals surface area contributed by atoms with Crippen molar-refractivity contribution in [1.82, 2.24) is 0 Å². The van der Waals surface area contributed by atoms with Gasteiger partial charge in [0, 0.05) is 23.1 Å². The molecule has 29 heavy (non-hydrogen) atoms. The van der Waals surface area contributed by atoms with Crippen LogP contribution in [0.25, 0.3) is 0 Å². The molecule has 0 aliphatic heterocycles. The van der Waals surface area contributed by atoms with Crippen molar-refractivity contribution >= 4 is 28.4 Å². The molecular weight excluding hydrogens is 352 g/mol. The van der Waals surface area contributed by atoms with E-state index in [2.05, 4.69) is 139 Å². The van der Waals surface area contributed by atoms with Gasteiger partial charge in [0.2, 0.25) is 0 Å². The van der Waals surface area contributed by atoms with Crippen LogP contribution in [-0.2, 0) is 0 Å². The van der Waals surface area contributed by atoms with Crippen LogP contribution in [0, 0.1) is 0 Å². The Kier molecular flexibility index (Phi) is 5.62. The molecule has 0 amide bonds. The van der Waals surface area contributed by atoms with E-state index < -0.39 is 0 Å². The number of anilines is 5. The van der Waals surface area contributed by atoms with Crippen molar-refractivity contribution in [3.8, 4) is 0 Å². The molecule has 0 radical (unpaired) electrons. The summed E-state index contributed by atoms with van der Waals surface area (Å²) in [7, 11) is 0. The van der Waals surface area contributed by atoms with E-state index in [9.17, 15) is 0 Å². The lowest BCUT2D eigenvalue weighted by Crippen LogP contribution is -2.27. The molecule has 0 atom stereocenters. The molecule has 0 bridgehead atoms. The van der Waals surface area contributed by atoms with E-state index in [1.54, 1.807) is 0 Å². The van der Waals surface area contributed by atoms with Gasteiger partial charge in [-0.1, -0.05) is 66.7 Å². The van der Waals surface area contributed by atoms with Crippen LogP contribution in [0.4, 0.5) is 28.4 Å². The molecule has 4 aromatic rings. The monoisotopic (exact) mass is 378 g/mol. The Morgan fingerprint density at radius 1 is 0.448 bits per heavy atom. The van der Waals surface area contributed by atoms with E-state index in [0.717, 1.165) is 17.1 Å². The Bertz CT molecular complexity index is 988. The first-order chi connectivity index (χ1) is 14.3. The molecule has 2 heteroatoms. The summed E-state index contributed by atoms with van der Waals surface area (Å²) in [6, 6.07) is 40.7. The summed E-state index contributed by atoms with van der Waals surface area (Å²) in [6.07, 6.45) is 0. The number of rotatable bonds is 6. The first-order valence-electron chi connectivity index (χ1n) is 10.1. The predicted octanol–water partition coefficient (Wildman–Crippen LogP) is 7.70. The van der Waals surface area contributed by atoms with Crippen molar-refractivity contribution < 1.29 is 0 Å². The predicted molar refractivity (Wildman–Crippen MR) is 125 cm³/mol. The second kappa shape index (κ2) is 8.66. The second-order valence-electron chi connectivity index (χ2n) is 7.29. The highest BCUT2D eigenvalue weighted by Gasteiger charge is 2.21. The van der Waals surface area contributed by atoms with Gasteiger partial charge < -0.3 is 9.80 Å². The third kappa shape index (κ3) is 4.02. The van der Waals surface area contributed by atoms with Crippen LogP contribution in [0.5, 0.6) is 0 Å². The smallest absolute Gasteiger partial charge is 0.0698 e. The topological polar surface area (TPSA) is 6.48 Å². The van der Waals surface area contributed by atoms with Gasteiger partial charge in [0.15, 0.2) is 0 Å². The largest absolute Gasteiger partial charge is 0.337 e. The Morgan fingerprint density at radius 2 is 0.828 bits per heavy atom. The molecule has 0 fully saturated rings. The summed E-state index contributed by atoms with van der Waals surface area (Å²) >= 11 is 0. The summed E-state index contributed by atoms with van der Waals surface area (Å²) in [6.45, 7) is 4.47. The molecular formula is C27H26N2. The van der Waals surface area contributed by atoms with Crippen molar-refractivity contribution in [3.05, 3.63) is 115 Å². The molecule has 0 N–H and O–H groups in total. The van der Waals surface area contributed by atoms with Gasteiger partial charge in [0.1, 0.15) is 0 Å². The number of benzene rings is 4. The zero-order valence-corrected chi connectivity index (χ0v) is 16.9. The maximum Gasteiger partial charge on any atom is 0.0698 e. The van der Waals surface area contributed by atoms with E-state index in [0.29, 0.717) is 6.04 Å². The molecule has 0 saturated heterocycles. The van der Waals surface area contributed by atoms with E-state index in [1.807, 2.05) is 0 Å².